The molecule has 0 bridgehead atoms. The van der Waals surface area contributed by atoms with Crippen molar-refractivity contribution in [3.8, 4) is 0 Å². The highest BCUT2D eigenvalue weighted by Crippen LogP contribution is 2.52. The molecular weight excluding hydrogens is 228 g/mol. The number of hydrogen-bond acceptors (Lipinski definition) is 3. The average Bonchev–Trinajstić information content (AvgIpc) is 2.40. The second-order valence-corrected chi connectivity index (χ2v) is 7.24. The highest BCUT2D eigenvalue weighted by Gasteiger charge is 2.65. The van der Waals surface area contributed by atoms with Gasteiger partial charge in [-0.25, -0.2) is 0 Å². The van der Waals surface area contributed by atoms with E-state index in [2.05, 4.69) is 13.8 Å². The van der Waals surface area contributed by atoms with E-state index < -0.39 is 16.8 Å². The summed E-state index contributed by atoms with van der Waals surface area (Å²) >= 11 is 0. The minimum atomic E-state index is -1.19. The minimum Gasteiger partial charge on any atom is -0.385 e. The van der Waals surface area contributed by atoms with Crippen LogP contribution in [-0.4, -0.2) is 33.6 Å². The zero-order chi connectivity index (χ0) is 13.8. The lowest BCUT2D eigenvalue weighted by Gasteiger charge is -2.49. The predicted molar refractivity (Wildman–Crippen MR) is 71.3 cm³/mol. The van der Waals surface area contributed by atoms with Crippen molar-refractivity contribution in [2.75, 3.05) is 6.61 Å². The molecule has 0 aromatic rings. The van der Waals surface area contributed by atoms with Gasteiger partial charge < -0.3 is 14.9 Å². The molecule has 18 heavy (non-hydrogen) atoms. The fourth-order valence-electron chi connectivity index (χ4n) is 4.06. The highest BCUT2D eigenvalue weighted by atomic mass is 16.6. The lowest BCUT2D eigenvalue weighted by molar-refractivity contribution is -0.182. The molecule has 2 aliphatic rings. The summed E-state index contributed by atoms with van der Waals surface area (Å²) in [5.74, 6) is 1.60. The topological polar surface area (TPSA) is 49.7 Å². The van der Waals surface area contributed by atoms with Gasteiger partial charge in [0.15, 0.2) is 0 Å². The molecule has 1 saturated carbocycles. The smallest absolute Gasteiger partial charge is 0.121 e. The van der Waals surface area contributed by atoms with Crippen molar-refractivity contribution in [3.63, 3.8) is 0 Å². The normalized spacial score (nSPS) is 57.8. The molecule has 2 rings (SSSR count). The molecule has 0 aromatic heterocycles. The van der Waals surface area contributed by atoms with Crippen molar-refractivity contribution >= 4 is 0 Å². The summed E-state index contributed by atoms with van der Waals surface area (Å²) < 4.78 is 5.92. The zero-order valence-electron chi connectivity index (χ0n) is 12.4. The van der Waals surface area contributed by atoms with Crippen LogP contribution in [0.2, 0.25) is 0 Å². The summed E-state index contributed by atoms with van der Waals surface area (Å²) in [6.45, 7) is 10.1. The molecule has 0 amide bonds. The van der Waals surface area contributed by atoms with Crippen LogP contribution in [0.3, 0.4) is 0 Å². The molecule has 1 heterocycles. The van der Waals surface area contributed by atoms with Crippen molar-refractivity contribution in [1.29, 1.82) is 0 Å². The van der Waals surface area contributed by atoms with Crippen molar-refractivity contribution in [3.05, 3.63) is 0 Å². The third-order valence-corrected chi connectivity index (χ3v) is 5.81. The van der Waals surface area contributed by atoms with E-state index >= 15 is 0 Å². The monoisotopic (exact) mass is 256 g/mol. The standard InChI is InChI=1S/C15H28O3/c1-10-6-7-12(11(2)8-10)14(4)15(5,17)13(3,16)9-18-14/h10-12,16-17H,6-9H2,1-5H3/t10?,11?,12?,13?,14-,15-/m0/s1. The molecule has 106 valence electrons. The molecule has 0 aromatic carbocycles. The third-order valence-electron chi connectivity index (χ3n) is 5.81. The Morgan fingerprint density at radius 3 is 2.11 bits per heavy atom. The molecule has 4 unspecified atom stereocenters. The van der Waals surface area contributed by atoms with E-state index in [1.807, 2.05) is 6.92 Å². The van der Waals surface area contributed by atoms with Gasteiger partial charge in [0.05, 0.1) is 12.2 Å². The number of ether oxygens (including phenoxy) is 1. The van der Waals surface area contributed by atoms with Gasteiger partial charge in [0.25, 0.3) is 0 Å². The lowest BCUT2D eigenvalue weighted by Crippen LogP contribution is -2.62. The predicted octanol–water partition coefficient (Wildman–Crippen LogP) is 2.35. The maximum Gasteiger partial charge on any atom is 0.121 e. The van der Waals surface area contributed by atoms with Gasteiger partial charge in [-0.1, -0.05) is 20.3 Å². The first-order valence-corrected chi connectivity index (χ1v) is 7.20. The molecule has 0 spiro atoms. The summed E-state index contributed by atoms with van der Waals surface area (Å²) in [4.78, 5) is 0. The van der Waals surface area contributed by atoms with Crippen LogP contribution >= 0.6 is 0 Å². The quantitative estimate of drug-likeness (QED) is 0.757. The van der Waals surface area contributed by atoms with Crippen LogP contribution in [0, 0.1) is 17.8 Å². The second-order valence-electron chi connectivity index (χ2n) is 7.24. The van der Waals surface area contributed by atoms with Gasteiger partial charge in [-0.15, -0.1) is 0 Å². The van der Waals surface area contributed by atoms with E-state index in [1.54, 1.807) is 13.8 Å². The largest absolute Gasteiger partial charge is 0.385 e. The molecule has 1 aliphatic heterocycles. The maximum atomic E-state index is 10.8. The Labute approximate surface area is 111 Å². The average molecular weight is 256 g/mol. The van der Waals surface area contributed by atoms with E-state index in [4.69, 9.17) is 4.74 Å². The van der Waals surface area contributed by atoms with Crippen LogP contribution in [0.5, 0.6) is 0 Å². The first-order valence-electron chi connectivity index (χ1n) is 7.20. The Balaban J connectivity index is 2.27. The Morgan fingerprint density at radius 1 is 1.06 bits per heavy atom. The molecule has 0 radical (unpaired) electrons. The molecular formula is C15H28O3. The van der Waals surface area contributed by atoms with E-state index in [0.29, 0.717) is 11.8 Å². The Bertz CT molecular complexity index is 324. The number of hydrogen-bond donors (Lipinski definition) is 2. The summed E-state index contributed by atoms with van der Waals surface area (Å²) in [7, 11) is 0. The molecule has 2 fully saturated rings. The maximum absolute atomic E-state index is 10.8. The first-order chi connectivity index (χ1) is 8.12. The van der Waals surface area contributed by atoms with Crippen LogP contribution in [0.25, 0.3) is 0 Å². The van der Waals surface area contributed by atoms with Gasteiger partial charge in [0.2, 0.25) is 0 Å². The van der Waals surface area contributed by atoms with Crippen LogP contribution in [0.1, 0.15) is 53.9 Å². The van der Waals surface area contributed by atoms with Gasteiger partial charge in [0.1, 0.15) is 11.2 Å². The molecule has 1 saturated heterocycles. The summed E-state index contributed by atoms with van der Waals surface area (Å²) in [5.41, 5.74) is -3.00. The minimum absolute atomic E-state index is 0.218. The highest BCUT2D eigenvalue weighted by molar-refractivity contribution is 5.15. The van der Waals surface area contributed by atoms with Crippen molar-refractivity contribution in [1.82, 2.24) is 0 Å². The first kappa shape index (κ1) is 14.3. The van der Waals surface area contributed by atoms with Gasteiger partial charge in [-0.3, -0.25) is 0 Å². The third kappa shape index (κ3) is 1.83. The summed E-state index contributed by atoms with van der Waals surface area (Å²) in [5, 5.41) is 21.2. The number of rotatable bonds is 1. The Kier molecular flexibility index (Phi) is 3.33. The van der Waals surface area contributed by atoms with Crippen molar-refractivity contribution in [2.45, 2.75) is 70.7 Å². The van der Waals surface area contributed by atoms with Crippen LogP contribution in [-0.2, 0) is 4.74 Å². The van der Waals surface area contributed by atoms with Gasteiger partial charge in [0, 0.05) is 0 Å². The Morgan fingerprint density at radius 2 is 1.67 bits per heavy atom. The van der Waals surface area contributed by atoms with Crippen molar-refractivity contribution in [2.24, 2.45) is 17.8 Å². The van der Waals surface area contributed by atoms with Gasteiger partial charge >= 0.3 is 0 Å². The summed E-state index contributed by atoms with van der Waals surface area (Å²) in [6.07, 6.45) is 3.44. The van der Waals surface area contributed by atoms with E-state index in [9.17, 15) is 10.2 Å². The van der Waals surface area contributed by atoms with Gasteiger partial charge in [-0.05, 0) is 51.4 Å². The number of aliphatic hydroxyl groups is 2. The van der Waals surface area contributed by atoms with Crippen LogP contribution in [0.15, 0.2) is 0 Å². The fraction of sp³-hybridized carbons (Fsp3) is 1.00. The van der Waals surface area contributed by atoms with E-state index in [-0.39, 0.29) is 6.61 Å². The lowest BCUT2D eigenvalue weighted by atomic mass is 9.62. The zero-order valence-corrected chi connectivity index (χ0v) is 12.4. The molecule has 2 N–H and O–H groups in total. The van der Waals surface area contributed by atoms with Gasteiger partial charge in [-0.2, -0.15) is 0 Å². The molecule has 6 atom stereocenters. The van der Waals surface area contributed by atoms with Crippen molar-refractivity contribution < 1.29 is 14.9 Å². The molecule has 3 heteroatoms. The summed E-state index contributed by atoms with van der Waals surface area (Å²) in [6, 6.07) is 0. The molecule has 1 aliphatic carbocycles. The second kappa shape index (κ2) is 4.19. The molecule has 3 nitrogen and oxygen atoms in total. The SMILES string of the molecule is CC1CCC([C@]2(C)OCC(C)(O)[C@]2(C)O)C(C)C1. The van der Waals surface area contributed by atoms with Crippen LogP contribution < -0.4 is 0 Å². The van der Waals surface area contributed by atoms with E-state index in [0.717, 1.165) is 12.3 Å². The Hall–Kier alpha value is -0.120. The fourth-order valence-corrected chi connectivity index (χ4v) is 4.06. The van der Waals surface area contributed by atoms with Crippen LogP contribution in [0.4, 0.5) is 0 Å². The van der Waals surface area contributed by atoms with E-state index in [1.165, 1.54) is 12.8 Å².